The van der Waals surface area contributed by atoms with Crippen LogP contribution in [0.4, 0.5) is 0 Å². The molecule has 8 heteroatoms. The smallest absolute Gasteiger partial charge is 0.248 e. The van der Waals surface area contributed by atoms with E-state index in [0.29, 0.717) is 31.8 Å². The van der Waals surface area contributed by atoms with Gasteiger partial charge in [-0.1, -0.05) is 42.5 Å². The number of aromatic nitrogens is 1. The molecule has 2 aromatic carbocycles. The van der Waals surface area contributed by atoms with Gasteiger partial charge in [-0.3, -0.25) is 24.7 Å². The lowest BCUT2D eigenvalue weighted by Crippen LogP contribution is -2.60. The summed E-state index contributed by atoms with van der Waals surface area (Å²) in [6.07, 6.45) is 3.78. The van der Waals surface area contributed by atoms with Crippen LogP contribution in [0.15, 0.2) is 72.9 Å². The molecule has 2 aliphatic heterocycles. The first kappa shape index (κ1) is 23.0. The zero-order valence-electron chi connectivity index (χ0n) is 19.5. The number of piperidine rings is 1. The van der Waals surface area contributed by atoms with Gasteiger partial charge in [0.2, 0.25) is 11.8 Å². The van der Waals surface area contributed by atoms with E-state index in [9.17, 15) is 14.8 Å². The highest BCUT2D eigenvalue weighted by molar-refractivity contribution is 5.92. The molecule has 2 amide bonds. The van der Waals surface area contributed by atoms with Crippen LogP contribution >= 0.6 is 0 Å². The van der Waals surface area contributed by atoms with Gasteiger partial charge in [0, 0.05) is 31.2 Å². The Bertz CT molecular complexity index is 1260. The lowest BCUT2D eigenvalue weighted by atomic mass is 9.86. The minimum Gasteiger partial charge on any atom is -0.489 e. The van der Waals surface area contributed by atoms with Crippen LogP contribution in [0, 0.1) is 5.92 Å². The maximum absolute atomic E-state index is 13.6. The summed E-state index contributed by atoms with van der Waals surface area (Å²) >= 11 is 0. The Morgan fingerprint density at radius 3 is 2.74 bits per heavy atom. The van der Waals surface area contributed by atoms with Crippen molar-refractivity contribution in [1.29, 1.82) is 0 Å². The fourth-order valence-corrected chi connectivity index (χ4v) is 5.10. The molecule has 3 unspecified atom stereocenters. The van der Waals surface area contributed by atoms with Gasteiger partial charge in [0.25, 0.3) is 0 Å². The number of carbonyl (C=O) groups is 2. The molecule has 3 aromatic rings. The van der Waals surface area contributed by atoms with Crippen molar-refractivity contribution >= 4 is 28.3 Å². The van der Waals surface area contributed by atoms with E-state index in [4.69, 9.17) is 4.74 Å². The minimum atomic E-state index is -0.751. The Balaban J connectivity index is 1.30. The predicted octanol–water partition coefficient (Wildman–Crippen LogP) is 2.73. The number of ether oxygens (including phenoxy) is 1. The molecule has 0 radical (unpaired) electrons. The number of fused-ring (bicyclic) bond motifs is 1. The highest BCUT2D eigenvalue weighted by Crippen LogP contribution is 2.30. The summed E-state index contributed by atoms with van der Waals surface area (Å²) < 4.78 is 6.22. The molecule has 8 nitrogen and oxygen atoms in total. The van der Waals surface area contributed by atoms with E-state index in [1.165, 1.54) is 0 Å². The average molecular weight is 473 g/mol. The topological polar surface area (TPSA) is 95.0 Å². The molecule has 1 fully saturated rings. The van der Waals surface area contributed by atoms with E-state index < -0.39 is 17.9 Å². The molecule has 0 spiro atoms. The largest absolute Gasteiger partial charge is 0.489 e. The van der Waals surface area contributed by atoms with Crippen molar-refractivity contribution < 1.29 is 19.5 Å². The maximum atomic E-state index is 13.6. The van der Waals surface area contributed by atoms with E-state index in [0.717, 1.165) is 22.0 Å². The van der Waals surface area contributed by atoms with Gasteiger partial charge < -0.3 is 9.64 Å². The molecule has 2 aliphatic rings. The number of pyridine rings is 1. The molecule has 5 rings (SSSR count). The van der Waals surface area contributed by atoms with Gasteiger partial charge in [-0.15, -0.1) is 0 Å². The van der Waals surface area contributed by atoms with E-state index in [1.54, 1.807) is 16.6 Å². The number of rotatable bonds is 5. The van der Waals surface area contributed by atoms with Gasteiger partial charge in [0.15, 0.2) is 0 Å². The highest BCUT2D eigenvalue weighted by Gasteiger charge is 2.45. The van der Waals surface area contributed by atoms with Crippen molar-refractivity contribution in [1.82, 2.24) is 20.3 Å². The summed E-state index contributed by atoms with van der Waals surface area (Å²) in [4.78, 5) is 34.2. The van der Waals surface area contributed by atoms with Crippen molar-refractivity contribution in [3.05, 3.63) is 78.5 Å². The fraction of sp³-hybridized carbons (Fsp3) is 0.296. The van der Waals surface area contributed by atoms with Crippen LogP contribution < -0.4 is 10.2 Å². The zero-order chi connectivity index (χ0) is 24.4. The minimum absolute atomic E-state index is 0.126. The van der Waals surface area contributed by atoms with E-state index in [2.05, 4.69) is 11.1 Å². The molecule has 3 atom stereocenters. The summed E-state index contributed by atoms with van der Waals surface area (Å²) in [5.74, 6) is -0.785. The number of nitrogens with zero attached hydrogens (tertiary/aromatic N) is 3. The number of amides is 2. The molecule has 35 heavy (non-hydrogen) atoms. The van der Waals surface area contributed by atoms with Crippen molar-refractivity contribution in [2.24, 2.45) is 5.92 Å². The van der Waals surface area contributed by atoms with E-state index in [-0.39, 0.29) is 12.0 Å². The first-order valence-electron chi connectivity index (χ1n) is 11.7. The number of hydroxylamine groups is 1. The highest BCUT2D eigenvalue weighted by atomic mass is 16.5. The Morgan fingerprint density at radius 1 is 1.11 bits per heavy atom. The van der Waals surface area contributed by atoms with Gasteiger partial charge >= 0.3 is 0 Å². The van der Waals surface area contributed by atoms with Crippen LogP contribution in [0.25, 0.3) is 16.5 Å². The second kappa shape index (κ2) is 9.85. The SMILES string of the molecule is CN1CC(Oc2ccc3ncccc3c2)CC(C(=O)NO)C1C(=O)N1CC=C(c2ccccc2)C1. The fourth-order valence-electron chi connectivity index (χ4n) is 5.10. The third kappa shape index (κ3) is 4.76. The lowest BCUT2D eigenvalue weighted by molar-refractivity contribution is -0.150. The quantitative estimate of drug-likeness (QED) is 0.438. The molecular weight excluding hydrogens is 444 g/mol. The summed E-state index contributed by atoms with van der Waals surface area (Å²) in [6.45, 7) is 1.46. The molecular formula is C27H28N4O4. The summed E-state index contributed by atoms with van der Waals surface area (Å²) in [5.41, 5.74) is 4.81. The van der Waals surface area contributed by atoms with E-state index >= 15 is 0 Å². The summed E-state index contributed by atoms with van der Waals surface area (Å²) in [5, 5.41) is 10.4. The molecule has 1 saturated heterocycles. The van der Waals surface area contributed by atoms with Gasteiger partial charge in [-0.25, -0.2) is 5.48 Å². The predicted molar refractivity (Wildman–Crippen MR) is 132 cm³/mol. The maximum Gasteiger partial charge on any atom is 0.248 e. The zero-order valence-corrected chi connectivity index (χ0v) is 19.5. The summed E-state index contributed by atoms with van der Waals surface area (Å²) in [7, 11) is 1.82. The molecule has 0 bridgehead atoms. The van der Waals surface area contributed by atoms with Crippen LogP contribution in [0.1, 0.15) is 12.0 Å². The van der Waals surface area contributed by atoms with Gasteiger partial charge in [-0.05, 0) is 48.9 Å². The van der Waals surface area contributed by atoms with Gasteiger partial charge in [0.05, 0.1) is 11.4 Å². The number of hydrogen-bond donors (Lipinski definition) is 2. The Kier molecular flexibility index (Phi) is 6.48. The van der Waals surface area contributed by atoms with Crippen molar-refractivity contribution in [2.75, 3.05) is 26.7 Å². The van der Waals surface area contributed by atoms with Crippen LogP contribution in [0.5, 0.6) is 5.75 Å². The first-order valence-corrected chi connectivity index (χ1v) is 11.7. The second-order valence-corrected chi connectivity index (χ2v) is 9.11. The van der Waals surface area contributed by atoms with Crippen LogP contribution in [-0.2, 0) is 9.59 Å². The molecule has 3 heterocycles. The van der Waals surface area contributed by atoms with Crippen molar-refractivity contribution in [2.45, 2.75) is 18.6 Å². The molecule has 180 valence electrons. The van der Waals surface area contributed by atoms with Gasteiger partial charge in [0.1, 0.15) is 17.9 Å². The van der Waals surface area contributed by atoms with Crippen LogP contribution in [0.2, 0.25) is 0 Å². The van der Waals surface area contributed by atoms with Crippen LogP contribution in [0.3, 0.4) is 0 Å². The average Bonchev–Trinajstić information content (AvgIpc) is 3.38. The monoisotopic (exact) mass is 472 g/mol. The third-order valence-corrected chi connectivity index (χ3v) is 6.82. The number of likely N-dealkylation sites (tertiary alicyclic amines) is 1. The Hall–Kier alpha value is -3.75. The van der Waals surface area contributed by atoms with Crippen molar-refractivity contribution in [3.63, 3.8) is 0 Å². The first-order chi connectivity index (χ1) is 17.0. The number of nitrogens with one attached hydrogen (secondary N) is 1. The number of hydrogen-bond acceptors (Lipinski definition) is 6. The second-order valence-electron chi connectivity index (χ2n) is 9.11. The number of benzene rings is 2. The third-order valence-electron chi connectivity index (χ3n) is 6.82. The normalized spacial score (nSPS) is 22.6. The summed E-state index contributed by atoms with van der Waals surface area (Å²) in [6, 6.07) is 18.8. The van der Waals surface area contributed by atoms with Crippen LogP contribution in [-0.4, -0.2) is 70.6 Å². The standard InChI is InChI=1S/C27H28N4O4/c1-30-17-22(35-21-9-10-24-19(14-21)8-5-12-28-24)15-23(26(32)29-34)25(30)27(33)31-13-11-20(16-31)18-6-3-2-4-7-18/h2-12,14,22-23,25,34H,13,15-17H2,1H3,(H,29,32). The lowest BCUT2D eigenvalue weighted by Gasteiger charge is -2.42. The van der Waals surface area contributed by atoms with Crippen molar-refractivity contribution in [3.8, 4) is 5.75 Å². The van der Waals surface area contributed by atoms with Gasteiger partial charge in [-0.2, -0.15) is 0 Å². The number of likely N-dealkylation sites (N-methyl/N-ethyl adjacent to an activating group) is 1. The molecule has 2 N–H and O–H groups in total. The Labute approximate surface area is 203 Å². The molecule has 1 aromatic heterocycles. The molecule has 0 saturated carbocycles. The Morgan fingerprint density at radius 2 is 1.94 bits per heavy atom. The number of carbonyl (C=O) groups excluding carboxylic acids is 2. The van der Waals surface area contributed by atoms with E-state index in [1.807, 2.05) is 72.6 Å². The molecule has 0 aliphatic carbocycles.